The second-order valence-corrected chi connectivity index (χ2v) is 5.39. The highest BCUT2D eigenvalue weighted by atomic mass is 32.1. The van der Waals surface area contributed by atoms with Crippen molar-refractivity contribution in [2.75, 3.05) is 13.3 Å². The second-order valence-electron chi connectivity index (χ2n) is 4.31. The van der Waals surface area contributed by atoms with Crippen molar-refractivity contribution in [1.29, 1.82) is 5.26 Å². The Morgan fingerprint density at radius 1 is 1.33 bits per heavy atom. The van der Waals surface area contributed by atoms with Crippen LogP contribution >= 0.6 is 11.3 Å². The van der Waals surface area contributed by atoms with Crippen LogP contribution in [0.15, 0.2) is 30.5 Å². The minimum Gasteiger partial charge on any atom is -0.431 e. The molecule has 0 saturated heterocycles. The van der Waals surface area contributed by atoms with Gasteiger partial charge >= 0.3 is 0 Å². The summed E-state index contributed by atoms with van der Waals surface area (Å²) in [5, 5.41) is 12.5. The summed E-state index contributed by atoms with van der Waals surface area (Å²) in [4.78, 5) is 5.30. The van der Waals surface area contributed by atoms with E-state index in [0.717, 1.165) is 17.9 Å². The predicted molar refractivity (Wildman–Crippen MR) is 81.3 cm³/mol. The highest BCUT2D eigenvalue weighted by Gasteiger charge is 2.04. The van der Waals surface area contributed by atoms with Gasteiger partial charge in [-0.15, -0.1) is 0 Å². The van der Waals surface area contributed by atoms with Gasteiger partial charge in [0.25, 0.3) is 5.19 Å². The fourth-order valence-electron chi connectivity index (χ4n) is 1.58. The van der Waals surface area contributed by atoms with Crippen molar-refractivity contribution in [3.63, 3.8) is 0 Å². The molecule has 6 heteroatoms. The lowest BCUT2D eigenvalue weighted by Gasteiger charge is -2.03. The summed E-state index contributed by atoms with van der Waals surface area (Å²) in [5.41, 5.74) is 0.610. The summed E-state index contributed by atoms with van der Waals surface area (Å²) in [7, 11) is 0. The Balaban J connectivity index is 1.80. The molecule has 0 aliphatic rings. The van der Waals surface area contributed by atoms with Gasteiger partial charge in [0.15, 0.2) is 0 Å². The third-order valence-electron chi connectivity index (χ3n) is 2.57. The van der Waals surface area contributed by atoms with Crippen LogP contribution in [0.25, 0.3) is 0 Å². The normalized spacial score (nSPS) is 10.3. The average molecular weight is 303 g/mol. The lowest BCUT2D eigenvalue weighted by atomic mass is 10.2. The molecule has 0 atom stereocenters. The van der Waals surface area contributed by atoms with Gasteiger partial charge in [0.1, 0.15) is 5.75 Å². The van der Waals surface area contributed by atoms with Crippen molar-refractivity contribution in [2.24, 2.45) is 0 Å². The number of nitriles is 1. The molecule has 0 radical (unpaired) electrons. The van der Waals surface area contributed by atoms with Gasteiger partial charge in [0.05, 0.1) is 18.4 Å². The maximum Gasteiger partial charge on any atom is 0.278 e. The molecule has 2 rings (SSSR count). The van der Waals surface area contributed by atoms with Crippen LogP contribution < -0.4 is 10.1 Å². The molecule has 0 bridgehead atoms. The van der Waals surface area contributed by atoms with Gasteiger partial charge in [0, 0.05) is 24.2 Å². The molecule has 5 nitrogen and oxygen atoms in total. The van der Waals surface area contributed by atoms with Crippen molar-refractivity contribution in [3.05, 3.63) is 40.9 Å². The van der Waals surface area contributed by atoms with E-state index in [1.165, 1.54) is 11.3 Å². The summed E-state index contributed by atoms with van der Waals surface area (Å²) in [6.07, 6.45) is 2.81. The molecule has 0 amide bonds. The van der Waals surface area contributed by atoms with Gasteiger partial charge in [-0.25, -0.2) is 4.98 Å². The van der Waals surface area contributed by atoms with Gasteiger partial charge in [-0.1, -0.05) is 18.3 Å². The van der Waals surface area contributed by atoms with E-state index in [1.54, 1.807) is 30.5 Å². The molecule has 1 N–H and O–H groups in total. The lowest BCUT2D eigenvalue weighted by molar-refractivity contribution is 0.116. The Labute approximate surface area is 128 Å². The van der Waals surface area contributed by atoms with Crippen LogP contribution in [0, 0.1) is 11.3 Å². The Kier molecular flexibility index (Phi) is 6.16. The SMILES string of the molecule is CCCOCNCc1cnc(Oc2ccc(C#N)cc2)s1. The largest absolute Gasteiger partial charge is 0.431 e. The summed E-state index contributed by atoms with van der Waals surface area (Å²) in [5.74, 6) is 0.675. The maximum atomic E-state index is 8.74. The number of hydrogen-bond acceptors (Lipinski definition) is 6. The fourth-order valence-corrected chi connectivity index (χ4v) is 2.33. The molecule has 2 aromatic rings. The van der Waals surface area contributed by atoms with E-state index in [2.05, 4.69) is 23.3 Å². The van der Waals surface area contributed by atoms with Crippen LogP contribution in [0.1, 0.15) is 23.8 Å². The molecule has 21 heavy (non-hydrogen) atoms. The lowest BCUT2D eigenvalue weighted by Crippen LogP contribution is -2.16. The number of benzene rings is 1. The van der Waals surface area contributed by atoms with Gasteiger partial charge in [-0.3, -0.25) is 5.32 Å². The van der Waals surface area contributed by atoms with Gasteiger partial charge < -0.3 is 9.47 Å². The van der Waals surface area contributed by atoms with Crippen LogP contribution in [0.5, 0.6) is 10.9 Å². The quantitative estimate of drug-likeness (QED) is 0.599. The monoisotopic (exact) mass is 303 g/mol. The first-order valence-electron chi connectivity index (χ1n) is 6.73. The first-order chi connectivity index (χ1) is 10.3. The molecular formula is C15H17N3O2S. The minimum absolute atomic E-state index is 0.539. The highest BCUT2D eigenvalue weighted by Crippen LogP contribution is 2.26. The number of thiazole rings is 1. The van der Waals surface area contributed by atoms with Gasteiger partial charge in [-0.05, 0) is 30.7 Å². The van der Waals surface area contributed by atoms with E-state index in [1.807, 2.05) is 0 Å². The van der Waals surface area contributed by atoms with Crippen molar-refractivity contribution in [2.45, 2.75) is 19.9 Å². The van der Waals surface area contributed by atoms with E-state index in [4.69, 9.17) is 14.7 Å². The Bertz CT molecular complexity index is 590. The Hall–Kier alpha value is -1.94. The zero-order chi connectivity index (χ0) is 14.9. The van der Waals surface area contributed by atoms with Crippen LogP contribution in [-0.2, 0) is 11.3 Å². The third-order valence-corrected chi connectivity index (χ3v) is 3.45. The molecule has 0 spiro atoms. The van der Waals surface area contributed by atoms with Crippen molar-refractivity contribution in [1.82, 2.24) is 10.3 Å². The smallest absolute Gasteiger partial charge is 0.278 e. The maximum absolute atomic E-state index is 8.74. The van der Waals surface area contributed by atoms with Crippen molar-refractivity contribution in [3.8, 4) is 17.0 Å². The van der Waals surface area contributed by atoms with Crippen LogP contribution in [0.3, 0.4) is 0 Å². The van der Waals surface area contributed by atoms with Gasteiger partial charge in [0.2, 0.25) is 0 Å². The third kappa shape index (κ3) is 5.16. The molecule has 1 aromatic heterocycles. The summed E-state index contributed by atoms with van der Waals surface area (Å²) < 4.78 is 11.0. The molecular weight excluding hydrogens is 286 g/mol. The van der Waals surface area contributed by atoms with Crippen molar-refractivity contribution >= 4 is 11.3 Å². The average Bonchev–Trinajstić information content (AvgIpc) is 2.95. The number of nitrogens with zero attached hydrogens (tertiary/aromatic N) is 2. The van der Waals surface area contributed by atoms with Crippen LogP contribution in [-0.4, -0.2) is 18.3 Å². The summed E-state index contributed by atoms with van der Waals surface area (Å²) in [6.45, 7) is 4.09. The Morgan fingerprint density at radius 3 is 2.86 bits per heavy atom. The number of nitrogens with one attached hydrogen (secondary N) is 1. The summed E-state index contributed by atoms with van der Waals surface area (Å²) >= 11 is 1.49. The second kappa shape index (κ2) is 8.37. The number of aromatic nitrogens is 1. The molecule has 1 heterocycles. The van der Waals surface area contributed by atoms with Gasteiger partial charge in [-0.2, -0.15) is 5.26 Å². The fraction of sp³-hybridized carbons (Fsp3) is 0.333. The van der Waals surface area contributed by atoms with E-state index in [0.29, 0.717) is 29.8 Å². The number of rotatable bonds is 8. The van der Waals surface area contributed by atoms with Crippen LogP contribution in [0.4, 0.5) is 0 Å². The zero-order valence-electron chi connectivity index (χ0n) is 11.8. The molecule has 0 saturated carbocycles. The minimum atomic E-state index is 0.539. The topological polar surface area (TPSA) is 67.2 Å². The number of ether oxygens (including phenoxy) is 2. The van der Waals surface area contributed by atoms with E-state index >= 15 is 0 Å². The van der Waals surface area contributed by atoms with Crippen molar-refractivity contribution < 1.29 is 9.47 Å². The van der Waals surface area contributed by atoms with E-state index in [-0.39, 0.29) is 0 Å². The molecule has 0 unspecified atom stereocenters. The number of hydrogen-bond donors (Lipinski definition) is 1. The highest BCUT2D eigenvalue weighted by molar-refractivity contribution is 7.13. The first kappa shape index (κ1) is 15.4. The predicted octanol–water partition coefficient (Wildman–Crippen LogP) is 3.28. The Morgan fingerprint density at radius 2 is 2.14 bits per heavy atom. The van der Waals surface area contributed by atoms with E-state index < -0.39 is 0 Å². The van der Waals surface area contributed by atoms with Crippen LogP contribution in [0.2, 0.25) is 0 Å². The molecule has 0 aliphatic carbocycles. The molecule has 110 valence electrons. The standard InChI is InChI=1S/C15H17N3O2S/c1-2-7-19-11-17-9-14-10-18-15(21-14)20-13-5-3-12(8-16)4-6-13/h3-6,10,17H,2,7,9,11H2,1H3. The zero-order valence-corrected chi connectivity index (χ0v) is 12.7. The van der Waals surface area contributed by atoms with E-state index in [9.17, 15) is 0 Å². The molecule has 0 aliphatic heterocycles. The first-order valence-corrected chi connectivity index (χ1v) is 7.54. The molecule has 0 fully saturated rings. The molecule has 1 aromatic carbocycles. The summed E-state index contributed by atoms with van der Waals surface area (Å²) in [6, 6.07) is 9.03.